The fourth-order valence-electron chi connectivity index (χ4n) is 2.50. The smallest absolute Gasteiger partial charge is 0.116 e. The van der Waals surface area contributed by atoms with E-state index < -0.39 is 0 Å². The van der Waals surface area contributed by atoms with E-state index in [-0.39, 0.29) is 0 Å². The zero-order chi connectivity index (χ0) is 12.8. The Balaban J connectivity index is 2.07. The second-order valence-electron chi connectivity index (χ2n) is 4.99. The van der Waals surface area contributed by atoms with E-state index in [2.05, 4.69) is 25.1 Å². The van der Waals surface area contributed by atoms with Crippen LogP contribution in [0.5, 0.6) is 5.75 Å². The second-order valence-corrected chi connectivity index (χ2v) is 4.99. The Hall–Kier alpha value is -1.50. The predicted molar refractivity (Wildman–Crippen MR) is 78.1 cm³/mol. The van der Waals surface area contributed by atoms with Crippen molar-refractivity contribution < 1.29 is 5.11 Å². The SMILES string of the molecule is CCCCCCCc1cc(O)cc2ccccc12. The first kappa shape index (κ1) is 12.9. The van der Waals surface area contributed by atoms with Crippen LogP contribution in [0.15, 0.2) is 36.4 Å². The average Bonchev–Trinajstić information content (AvgIpc) is 2.38. The largest absolute Gasteiger partial charge is 0.508 e. The Kier molecular flexibility index (Phi) is 4.63. The quantitative estimate of drug-likeness (QED) is 0.702. The molecule has 0 saturated carbocycles. The van der Waals surface area contributed by atoms with E-state index in [1.807, 2.05) is 18.2 Å². The minimum atomic E-state index is 0.386. The molecule has 0 aliphatic heterocycles. The lowest BCUT2D eigenvalue weighted by molar-refractivity contribution is 0.475. The molecule has 1 heteroatoms. The monoisotopic (exact) mass is 242 g/mol. The minimum Gasteiger partial charge on any atom is -0.508 e. The highest BCUT2D eigenvalue weighted by atomic mass is 16.3. The van der Waals surface area contributed by atoms with E-state index in [0.717, 1.165) is 11.8 Å². The van der Waals surface area contributed by atoms with Crippen molar-refractivity contribution in [1.29, 1.82) is 0 Å². The van der Waals surface area contributed by atoms with Crippen LogP contribution >= 0.6 is 0 Å². The normalized spacial score (nSPS) is 10.9. The van der Waals surface area contributed by atoms with Gasteiger partial charge < -0.3 is 5.11 Å². The van der Waals surface area contributed by atoms with Crippen LogP contribution in [0.4, 0.5) is 0 Å². The zero-order valence-electron chi connectivity index (χ0n) is 11.2. The molecule has 2 aromatic rings. The standard InChI is InChI=1S/C17H22O/c1-2-3-4-5-6-9-14-12-16(18)13-15-10-7-8-11-17(14)15/h7-8,10-13,18H,2-6,9H2,1H3. The summed E-state index contributed by atoms with van der Waals surface area (Å²) in [5.41, 5.74) is 1.28. The van der Waals surface area contributed by atoms with Gasteiger partial charge in [-0.25, -0.2) is 0 Å². The summed E-state index contributed by atoms with van der Waals surface area (Å²) >= 11 is 0. The van der Waals surface area contributed by atoms with Crippen molar-refractivity contribution >= 4 is 10.8 Å². The Morgan fingerprint density at radius 2 is 1.72 bits per heavy atom. The molecule has 1 nitrogen and oxygen atoms in total. The summed E-state index contributed by atoms with van der Waals surface area (Å²) in [6, 6.07) is 12.1. The molecule has 0 atom stereocenters. The van der Waals surface area contributed by atoms with Crippen LogP contribution in [0, 0.1) is 0 Å². The van der Waals surface area contributed by atoms with Crippen molar-refractivity contribution in [2.75, 3.05) is 0 Å². The number of phenolic OH excluding ortho intramolecular Hbond substituents is 1. The predicted octanol–water partition coefficient (Wildman–Crippen LogP) is 5.06. The summed E-state index contributed by atoms with van der Waals surface area (Å²) in [5.74, 6) is 0.386. The third-order valence-electron chi connectivity index (χ3n) is 3.48. The maximum Gasteiger partial charge on any atom is 0.116 e. The van der Waals surface area contributed by atoms with Gasteiger partial charge in [-0.1, -0.05) is 56.9 Å². The maximum atomic E-state index is 9.75. The first-order valence-electron chi connectivity index (χ1n) is 7.02. The van der Waals surface area contributed by atoms with Crippen LogP contribution in [0.2, 0.25) is 0 Å². The van der Waals surface area contributed by atoms with Crippen LogP contribution in [0.1, 0.15) is 44.6 Å². The van der Waals surface area contributed by atoms with Crippen molar-refractivity contribution in [3.05, 3.63) is 42.0 Å². The van der Waals surface area contributed by atoms with E-state index in [0.29, 0.717) is 5.75 Å². The maximum absolute atomic E-state index is 9.75. The van der Waals surface area contributed by atoms with E-state index in [4.69, 9.17) is 0 Å². The van der Waals surface area contributed by atoms with E-state index in [1.54, 1.807) is 0 Å². The number of fused-ring (bicyclic) bond motifs is 1. The van der Waals surface area contributed by atoms with Crippen LogP contribution < -0.4 is 0 Å². The van der Waals surface area contributed by atoms with Crippen molar-refractivity contribution in [3.63, 3.8) is 0 Å². The molecule has 0 heterocycles. The Bertz CT molecular complexity index is 502. The first-order chi connectivity index (χ1) is 8.81. The van der Waals surface area contributed by atoms with Gasteiger partial charge in [-0.3, -0.25) is 0 Å². The molecule has 18 heavy (non-hydrogen) atoms. The number of phenols is 1. The highest BCUT2D eigenvalue weighted by Crippen LogP contribution is 2.26. The summed E-state index contributed by atoms with van der Waals surface area (Å²) in [7, 11) is 0. The molecule has 2 rings (SSSR count). The fourth-order valence-corrected chi connectivity index (χ4v) is 2.50. The molecule has 1 N–H and O–H groups in total. The van der Waals surface area contributed by atoms with Crippen LogP contribution in [-0.2, 0) is 6.42 Å². The summed E-state index contributed by atoms with van der Waals surface area (Å²) in [6.07, 6.45) is 7.52. The molecule has 0 amide bonds. The van der Waals surface area contributed by atoms with Gasteiger partial charge in [0.25, 0.3) is 0 Å². The van der Waals surface area contributed by atoms with Gasteiger partial charge in [-0.05, 0) is 41.3 Å². The van der Waals surface area contributed by atoms with Crippen molar-refractivity contribution in [2.24, 2.45) is 0 Å². The molecule has 0 radical (unpaired) electrons. The molecule has 0 aromatic heterocycles. The Labute approximate surface area is 109 Å². The topological polar surface area (TPSA) is 20.2 Å². The van der Waals surface area contributed by atoms with Gasteiger partial charge in [-0.15, -0.1) is 0 Å². The number of benzene rings is 2. The molecule has 0 bridgehead atoms. The lowest BCUT2D eigenvalue weighted by Gasteiger charge is -2.07. The number of hydrogen-bond acceptors (Lipinski definition) is 1. The van der Waals surface area contributed by atoms with Crippen LogP contribution in [0.25, 0.3) is 10.8 Å². The molecule has 2 aromatic carbocycles. The van der Waals surface area contributed by atoms with Gasteiger partial charge >= 0.3 is 0 Å². The number of rotatable bonds is 6. The van der Waals surface area contributed by atoms with Gasteiger partial charge in [0.15, 0.2) is 0 Å². The summed E-state index contributed by atoms with van der Waals surface area (Å²) in [5, 5.41) is 12.2. The summed E-state index contributed by atoms with van der Waals surface area (Å²) in [4.78, 5) is 0. The Morgan fingerprint density at radius 3 is 2.56 bits per heavy atom. The van der Waals surface area contributed by atoms with Gasteiger partial charge in [0.1, 0.15) is 5.75 Å². The minimum absolute atomic E-state index is 0.386. The molecule has 0 fully saturated rings. The highest BCUT2D eigenvalue weighted by molar-refractivity contribution is 5.87. The van der Waals surface area contributed by atoms with E-state index >= 15 is 0 Å². The molecular formula is C17H22O. The zero-order valence-corrected chi connectivity index (χ0v) is 11.2. The third kappa shape index (κ3) is 3.25. The number of aryl methyl sites for hydroxylation is 1. The first-order valence-corrected chi connectivity index (χ1v) is 7.02. The molecule has 96 valence electrons. The van der Waals surface area contributed by atoms with Crippen molar-refractivity contribution in [3.8, 4) is 5.75 Å². The summed E-state index contributed by atoms with van der Waals surface area (Å²) < 4.78 is 0. The Morgan fingerprint density at radius 1 is 0.944 bits per heavy atom. The molecule has 0 aliphatic carbocycles. The highest BCUT2D eigenvalue weighted by Gasteiger charge is 2.03. The van der Waals surface area contributed by atoms with Crippen LogP contribution in [0.3, 0.4) is 0 Å². The second kappa shape index (κ2) is 6.44. The number of aromatic hydroxyl groups is 1. The van der Waals surface area contributed by atoms with Gasteiger partial charge in [-0.2, -0.15) is 0 Å². The van der Waals surface area contributed by atoms with Gasteiger partial charge in [0, 0.05) is 0 Å². The fraction of sp³-hybridized carbons (Fsp3) is 0.412. The van der Waals surface area contributed by atoms with E-state index in [1.165, 1.54) is 43.1 Å². The molecule has 0 aliphatic rings. The van der Waals surface area contributed by atoms with Gasteiger partial charge in [0.2, 0.25) is 0 Å². The number of hydrogen-bond donors (Lipinski definition) is 1. The molecule has 0 spiro atoms. The van der Waals surface area contributed by atoms with Gasteiger partial charge in [0.05, 0.1) is 0 Å². The van der Waals surface area contributed by atoms with Crippen molar-refractivity contribution in [2.45, 2.75) is 45.4 Å². The molecule has 0 unspecified atom stereocenters. The third-order valence-corrected chi connectivity index (χ3v) is 3.48. The van der Waals surface area contributed by atoms with E-state index in [9.17, 15) is 5.11 Å². The molecular weight excluding hydrogens is 220 g/mol. The lowest BCUT2D eigenvalue weighted by atomic mass is 9.99. The van der Waals surface area contributed by atoms with Crippen LogP contribution in [-0.4, -0.2) is 5.11 Å². The van der Waals surface area contributed by atoms with Crippen molar-refractivity contribution in [1.82, 2.24) is 0 Å². The average molecular weight is 242 g/mol. The lowest BCUT2D eigenvalue weighted by Crippen LogP contribution is -1.88. The molecule has 0 saturated heterocycles. The number of unbranched alkanes of at least 4 members (excludes halogenated alkanes) is 4. The summed E-state index contributed by atoms with van der Waals surface area (Å²) in [6.45, 7) is 2.24.